The molecule has 8 nitrogen and oxygen atoms in total. The maximum Gasteiger partial charge on any atom is 0.335 e. The van der Waals surface area contributed by atoms with Gasteiger partial charge in [-0.05, 0) is 72.9 Å². The van der Waals surface area contributed by atoms with E-state index < -0.39 is 11.9 Å². The Kier molecular flexibility index (Phi) is 7.90. The molecule has 8 heteroatoms. The minimum absolute atomic E-state index is 0.148. The Labute approximate surface area is 197 Å². The summed E-state index contributed by atoms with van der Waals surface area (Å²) in [6.07, 6.45) is 7.05. The number of hydrogen-bond donors (Lipinski definition) is 2. The zero-order valence-corrected chi connectivity index (χ0v) is 19.2. The van der Waals surface area contributed by atoms with Gasteiger partial charge in [-0.25, -0.2) is 9.59 Å². The highest BCUT2D eigenvalue weighted by Crippen LogP contribution is 2.43. The third kappa shape index (κ3) is 5.04. The molecule has 2 fully saturated rings. The van der Waals surface area contributed by atoms with Crippen LogP contribution in [-0.4, -0.2) is 42.7 Å². The molecule has 2 aromatic carbocycles. The summed E-state index contributed by atoms with van der Waals surface area (Å²) in [7, 11) is 3.02. The first kappa shape index (κ1) is 24.8. The molecule has 0 atom stereocenters. The highest BCUT2D eigenvalue weighted by atomic mass is 16.5. The van der Waals surface area contributed by atoms with Crippen molar-refractivity contribution in [3.8, 4) is 17.6 Å². The number of carboxylic acid groups (broad SMARTS) is 2. The first-order valence-corrected chi connectivity index (χ1v) is 11.1. The summed E-state index contributed by atoms with van der Waals surface area (Å²) >= 11 is 0. The first-order valence-electron chi connectivity index (χ1n) is 11.1. The summed E-state index contributed by atoms with van der Waals surface area (Å²) in [5.74, 6) is -0.322. The summed E-state index contributed by atoms with van der Waals surface area (Å²) in [5.41, 5.74) is 2.62. The molecule has 0 radical (unpaired) electrons. The molecule has 4 rings (SSSR count). The fourth-order valence-electron chi connectivity index (χ4n) is 4.25. The van der Waals surface area contributed by atoms with Crippen molar-refractivity contribution in [3.05, 3.63) is 57.6 Å². The number of hydrogen-bond acceptors (Lipinski definition) is 6. The summed E-state index contributed by atoms with van der Waals surface area (Å²) in [6, 6.07) is 7.97. The van der Waals surface area contributed by atoms with Crippen molar-refractivity contribution in [2.24, 2.45) is 0 Å². The van der Waals surface area contributed by atoms with Crippen LogP contribution in [0.4, 0.5) is 0 Å². The second-order valence-electron chi connectivity index (χ2n) is 8.43. The second kappa shape index (κ2) is 10.8. The van der Waals surface area contributed by atoms with Crippen LogP contribution < -0.4 is 9.47 Å². The Bertz CT molecular complexity index is 1140. The molecule has 2 aliphatic rings. The largest absolute Gasteiger partial charge is 0.496 e. The van der Waals surface area contributed by atoms with Gasteiger partial charge < -0.3 is 19.7 Å². The average Bonchev–Trinajstić information content (AvgIpc) is 2.75. The fourth-order valence-corrected chi connectivity index (χ4v) is 4.25. The lowest BCUT2D eigenvalue weighted by atomic mass is 9.78. The van der Waals surface area contributed by atoms with Crippen LogP contribution in [0.5, 0.6) is 11.5 Å². The van der Waals surface area contributed by atoms with Gasteiger partial charge in [0.05, 0.1) is 36.5 Å². The highest BCUT2D eigenvalue weighted by molar-refractivity contribution is 5.92. The van der Waals surface area contributed by atoms with E-state index in [0.717, 1.165) is 49.7 Å². The molecule has 0 aliphatic heterocycles. The molecule has 0 heterocycles. The van der Waals surface area contributed by atoms with Crippen LogP contribution in [0.15, 0.2) is 24.3 Å². The van der Waals surface area contributed by atoms with Crippen molar-refractivity contribution in [3.63, 3.8) is 0 Å². The van der Waals surface area contributed by atoms with E-state index in [1.165, 1.54) is 26.4 Å². The lowest BCUT2D eigenvalue weighted by Gasteiger charge is -2.28. The number of aromatic carboxylic acids is 2. The first-order chi connectivity index (χ1) is 16.3. The predicted octanol–water partition coefficient (Wildman–Crippen LogP) is 5.01. The van der Waals surface area contributed by atoms with Gasteiger partial charge in [0, 0.05) is 0 Å². The summed E-state index contributed by atoms with van der Waals surface area (Å²) < 4.78 is 10.5. The van der Waals surface area contributed by atoms with Gasteiger partial charge in [0.2, 0.25) is 0 Å². The van der Waals surface area contributed by atoms with Crippen molar-refractivity contribution >= 4 is 18.2 Å². The molecule has 0 unspecified atom stereocenters. The van der Waals surface area contributed by atoms with Crippen molar-refractivity contribution < 1.29 is 34.1 Å². The number of aldehydes is 1. The van der Waals surface area contributed by atoms with E-state index in [2.05, 4.69) is 0 Å². The molecule has 34 heavy (non-hydrogen) atoms. The number of carboxylic acids is 2. The zero-order valence-electron chi connectivity index (χ0n) is 19.2. The van der Waals surface area contributed by atoms with Gasteiger partial charge in [-0.2, -0.15) is 5.26 Å². The van der Waals surface area contributed by atoms with Crippen molar-refractivity contribution in [2.75, 3.05) is 14.2 Å². The molecule has 0 spiro atoms. The second-order valence-corrected chi connectivity index (χ2v) is 8.43. The maximum atomic E-state index is 11.0. The van der Waals surface area contributed by atoms with E-state index in [1.54, 1.807) is 12.1 Å². The van der Waals surface area contributed by atoms with Crippen LogP contribution in [-0.2, 0) is 0 Å². The topological polar surface area (TPSA) is 134 Å². The van der Waals surface area contributed by atoms with Crippen LogP contribution in [0.3, 0.4) is 0 Å². The van der Waals surface area contributed by atoms with Crippen LogP contribution >= 0.6 is 0 Å². The van der Waals surface area contributed by atoms with Gasteiger partial charge in [-0.15, -0.1) is 0 Å². The van der Waals surface area contributed by atoms with Crippen LogP contribution in [0.1, 0.15) is 98.1 Å². The average molecular weight is 466 g/mol. The summed E-state index contributed by atoms with van der Waals surface area (Å²) in [6.45, 7) is 0. The van der Waals surface area contributed by atoms with Crippen molar-refractivity contribution in [1.29, 1.82) is 5.26 Å². The number of carbonyl (C=O) groups excluding carboxylic acids is 1. The van der Waals surface area contributed by atoms with Gasteiger partial charge >= 0.3 is 11.9 Å². The number of rotatable bonds is 7. The monoisotopic (exact) mass is 465 g/mol. The third-order valence-electron chi connectivity index (χ3n) is 6.50. The van der Waals surface area contributed by atoms with Gasteiger partial charge in [0.25, 0.3) is 0 Å². The van der Waals surface area contributed by atoms with Gasteiger partial charge in [0.15, 0.2) is 6.29 Å². The Morgan fingerprint density at radius 2 is 1.35 bits per heavy atom. The normalized spacial score (nSPS) is 15.0. The summed E-state index contributed by atoms with van der Waals surface area (Å²) in [4.78, 5) is 33.0. The highest BCUT2D eigenvalue weighted by Gasteiger charge is 2.27. The number of methoxy groups -OCH3 is 2. The Balaban J connectivity index is 0.000000191. The molecule has 2 aliphatic carbocycles. The SMILES string of the molecule is COc1c(C#N)cc(C(=O)O)cc1C1CCC1.COc1c(C=O)cc(C(=O)O)cc1C1CCC1. The Hall–Kier alpha value is -3.86. The number of nitriles is 1. The zero-order chi connectivity index (χ0) is 24.8. The molecule has 2 N–H and O–H groups in total. The Morgan fingerprint density at radius 3 is 1.71 bits per heavy atom. The van der Waals surface area contributed by atoms with Gasteiger partial charge in [0.1, 0.15) is 17.6 Å². The minimum atomic E-state index is -1.02. The smallest absolute Gasteiger partial charge is 0.335 e. The molecule has 0 aromatic heterocycles. The van der Waals surface area contributed by atoms with Gasteiger partial charge in [-0.3, -0.25) is 4.79 Å². The molecule has 0 saturated heterocycles. The van der Waals surface area contributed by atoms with Crippen molar-refractivity contribution in [2.45, 2.75) is 50.4 Å². The standard InChI is InChI=1S/C13H13NO3.C13H14O4/c2*1-17-12-10(7-14)5-9(13(15)16)6-11(12)8-3-2-4-8/h5-6,8H,2-4H2,1H3,(H,15,16);5-8H,2-4H2,1H3,(H,15,16). The van der Waals surface area contributed by atoms with E-state index in [4.69, 9.17) is 24.9 Å². The van der Waals surface area contributed by atoms with Crippen molar-refractivity contribution in [1.82, 2.24) is 0 Å². The molecule has 0 amide bonds. The van der Waals surface area contributed by atoms with E-state index in [9.17, 15) is 14.4 Å². The van der Waals surface area contributed by atoms with Crippen LogP contribution in [0, 0.1) is 11.3 Å². The fraction of sp³-hybridized carbons (Fsp3) is 0.385. The molecular formula is C26H27NO7. The molecule has 0 bridgehead atoms. The summed E-state index contributed by atoms with van der Waals surface area (Å²) in [5, 5.41) is 27.1. The Morgan fingerprint density at radius 1 is 0.882 bits per heavy atom. The molecular weight excluding hydrogens is 438 g/mol. The maximum absolute atomic E-state index is 11.0. The van der Waals surface area contributed by atoms with Crippen LogP contribution in [0.2, 0.25) is 0 Å². The number of carbonyl (C=O) groups is 3. The van der Waals surface area contributed by atoms with Gasteiger partial charge in [-0.1, -0.05) is 12.8 Å². The molecule has 2 saturated carbocycles. The van der Waals surface area contributed by atoms with E-state index in [-0.39, 0.29) is 11.1 Å². The minimum Gasteiger partial charge on any atom is -0.496 e. The third-order valence-corrected chi connectivity index (χ3v) is 6.50. The lowest BCUT2D eigenvalue weighted by molar-refractivity contribution is 0.0685. The molecule has 2 aromatic rings. The lowest BCUT2D eigenvalue weighted by Crippen LogP contribution is -2.13. The van der Waals surface area contributed by atoms with E-state index in [0.29, 0.717) is 40.7 Å². The van der Waals surface area contributed by atoms with E-state index >= 15 is 0 Å². The number of benzene rings is 2. The molecule has 178 valence electrons. The predicted molar refractivity (Wildman–Crippen MR) is 123 cm³/mol. The quantitative estimate of drug-likeness (QED) is 0.545. The van der Waals surface area contributed by atoms with E-state index in [1.807, 2.05) is 6.07 Å². The van der Waals surface area contributed by atoms with Crippen LogP contribution in [0.25, 0.3) is 0 Å². The number of ether oxygens (including phenoxy) is 2. The number of nitrogens with zero attached hydrogens (tertiary/aromatic N) is 1.